The third kappa shape index (κ3) is 3.42. The van der Waals surface area contributed by atoms with E-state index in [-0.39, 0.29) is 11.9 Å². The van der Waals surface area contributed by atoms with Crippen LogP contribution in [0.5, 0.6) is 0 Å². The van der Waals surface area contributed by atoms with E-state index < -0.39 is 0 Å². The van der Waals surface area contributed by atoms with Gasteiger partial charge in [0.1, 0.15) is 11.9 Å². The van der Waals surface area contributed by atoms with E-state index in [9.17, 15) is 4.79 Å². The number of hydrogen-bond acceptors (Lipinski definition) is 6. The van der Waals surface area contributed by atoms with E-state index >= 15 is 0 Å². The lowest BCUT2D eigenvalue weighted by atomic mass is 10.1. The number of thiazole rings is 1. The van der Waals surface area contributed by atoms with E-state index in [4.69, 9.17) is 0 Å². The highest BCUT2D eigenvalue weighted by atomic mass is 32.2. The molecule has 1 saturated heterocycles. The first-order valence-corrected chi connectivity index (χ1v) is 9.98. The number of fused-ring (bicyclic) bond motifs is 1. The molecule has 0 bridgehead atoms. The molecule has 1 atom stereocenters. The Labute approximate surface area is 154 Å². The number of carbonyl (C=O) groups excluding carboxylic acids is 1. The number of imidazole rings is 1. The van der Waals surface area contributed by atoms with Gasteiger partial charge in [-0.25, -0.2) is 9.97 Å². The van der Waals surface area contributed by atoms with Crippen molar-refractivity contribution in [1.29, 1.82) is 0 Å². The number of rotatable bonds is 4. The maximum absolute atomic E-state index is 12.8. The number of carbonyl (C=O) groups is 1. The summed E-state index contributed by atoms with van der Waals surface area (Å²) in [6.07, 6.45) is 3.70. The van der Waals surface area contributed by atoms with Gasteiger partial charge in [0, 0.05) is 39.1 Å². The zero-order chi connectivity index (χ0) is 17.2. The molecule has 0 spiro atoms. The van der Waals surface area contributed by atoms with Crippen LogP contribution in [0.1, 0.15) is 11.9 Å². The van der Waals surface area contributed by atoms with Crippen LogP contribution in [0, 0.1) is 0 Å². The van der Waals surface area contributed by atoms with Crippen molar-refractivity contribution in [3.63, 3.8) is 0 Å². The first-order valence-electron chi connectivity index (χ1n) is 8.18. The van der Waals surface area contributed by atoms with Crippen LogP contribution < -0.4 is 5.32 Å². The van der Waals surface area contributed by atoms with Crippen LogP contribution in [-0.4, -0.2) is 50.7 Å². The number of thioether (sulfide) groups is 1. The average molecular weight is 374 g/mol. The second kappa shape index (κ2) is 7.15. The first kappa shape index (κ1) is 16.6. The summed E-state index contributed by atoms with van der Waals surface area (Å²) in [7, 11) is 1.97. The van der Waals surface area contributed by atoms with Crippen LogP contribution in [0.4, 0.5) is 0 Å². The van der Waals surface area contributed by atoms with Gasteiger partial charge in [0.05, 0.1) is 16.0 Å². The highest BCUT2D eigenvalue weighted by Gasteiger charge is 2.30. The molecule has 4 rings (SSSR count). The van der Waals surface area contributed by atoms with E-state index in [1.54, 1.807) is 17.5 Å². The summed E-state index contributed by atoms with van der Waals surface area (Å²) in [6.45, 7) is 2.26. The average Bonchev–Trinajstić information content (AvgIpc) is 3.25. The Kier molecular flexibility index (Phi) is 4.74. The number of aryl methyl sites for hydroxylation is 1. The van der Waals surface area contributed by atoms with Crippen LogP contribution in [0.2, 0.25) is 0 Å². The topological polar surface area (TPSA) is 63.1 Å². The molecule has 3 heterocycles. The molecule has 0 aliphatic carbocycles. The number of benzene rings is 1. The summed E-state index contributed by atoms with van der Waals surface area (Å²) in [5.41, 5.74) is 0.996. The molecular weight excluding hydrogens is 354 g/mol. The fraction of sp³-hybridized carbons (Fsp3) is 0.353. The predicted octanol–water partition coefficient (Wildman–Crippen LogP) is 2.29. The lowest BCUT2D eigenvalue weighted by Crippen LogP contribution is -2.50. The largest absolute Gasteiger partial charge is 0.336 e. The molecule has 6 nitrogen and oxygen atoms in total. The maximum Gasteiger partial charge on any atom is 0.233 e. The minimum absolute atomic E-state index is 0.0165. The van der Waals surface area contributed by atoms with Crippen molar-refractivity contribution < 1.29 is 4.79 Å². The summed E-state index contributed by atoms with van der Waals surface area (Å²) >= 11 is 3.16. The zero-order valence-corrected chi connectivity index (χ0v) is 15.5. The van der Waals surface area contributed by atoms with Gasteiger partial charge in [0.2, 0.25) is 5.91 Å². The van der Waals surface area contributed by atoms with Crippen molar-refractivity contribution in [2.75, 3.05) is 25.4 Å². The number of nitrogens with zero attached hydrogens (tertiary/aromatic N) is 4. The summed E-state index contributed by atoms with van der Waals surface area (Å²) in [4.78, 5) is 23.8. The Bertz CT molecular complexity index is 857. The third-order valence-electron chi connectivity index (χ3n) is 4.31. The smallest absolute Gasteiger partial charge is 0.233 e. The SMILES string of the molecule is Cn1ccnc1C1CNCCN1C(=O)CSc1nc2ccccc2s1. The molecule has 1 aromatic carbocycles. The molecule has 1 unspecified atom stereocenters. The van der Waals surface area contributed by atoms with Gasteiger partial charge in [-0.15, -0.1) is 11.3 Å². The molecule has 0 saturated carbocycles. The quantitative estimate of drug-likeness (QED) is 0.711. The predicted molar refractivity (Wildman–Crippen MR) is 101 cm³/mol. The fourth-order valence-electron chi connectivity index (χ4n) is 3.05. The number of para-hydroxylation sites is 1. The van der Waals surface area contributed by atoms with Crippen molar-refractivity contribution in [1.82, 2.24) is 24.8 Å². The molecule has 1 aliphatic heterocycles. The van der Waals surface area contributed by atoms with Gasteiger partial charge in [-0.2, -0.15) is 0 Å². The third-order valence-corrected chi connectivity index (χ3v) is 6.48. The summed E-state index contributed by atoms with van der Waals surface area (Å²) in [5.74, 6) is 1.46. The van der Waals surface area contributed by atoms with Crippen molar-refractivity contribution in [2.45, 2.75) is 10.4 Å². The molecule has 25 heavy (non-hydrogen) atoms. The number of amides is 1. The normalized spacial score (nSPS) is 18.0. The Hall–Kier alpha value is -1.90. The number of piperazine rings is 1. The number of hydrogen-bond donors (Lipinski definition) is 1. The molecule has 130 valence electrons. The summed E-state index contributed by atoms with van der Waals surface area (Å²) in [6, 6.07) is 8.05. The van der Waals surface area contributed by atoms with Crippen LogP contribution in [0.3, 0.4) is 0 Å². The van der Waals surface area contributed by atoms with Gasteiger partial charge in [-0.3, -0.25) is 4.79 Å². The Morgan fingerprint density at radius 1 is 1.44 bits per heavy atom. The van der Waals surface area contributed by atoms with Crippen molar-refractivity contribution in [3.05, 3.63) is 42.5 Å². The molecule has 1 fully saturated rings. The van der Waals surface area contributed by atoms with Crippen LogP contribution >= 0.6 is 23.1 Å². The van der Waals surface area contributed by atoms with E-state index in [1.165, 1.54) is 11.8 Å². The van der Waals surface area contributed by atoms with Gasteiger partial charge < -0.3 is 14.8 Å². The van der Waals surface area contributed by atoms with Crippen molar-refractivity contribution in [3.8, 4) is 0 Å². The molecule has 3 aromatic rings. The molecular formula is C17H19N5OS2. The molecule has 2 aromatic heterocycles. The van der Waals surface area contributed by atoms with Gasteiger partial charge in [0.25, 0.3) is 0 Å². The zero-order valence-electron chi connectivity index (χ0n) is 13.9. The van der Waals surface area contributed by atoms with Crippen LogP contribution in [-0.2, 0) is 11.8 Å². The molecule has 1 aliphatic rings. The highest BCUT2D eigenvalue weighted by molar-refractivity contribution is 8.01. The summed E-state index contributed by atoms with van der Waals surface area (Å²) in [5, 5.41) is 3.36. The van der Waals surface area contributed by atoms with E-state index in [0.29, 0.717) is 12.3 Å². The van der Waals surface area contributed by atoms with E-state index in [0.717, 1.165) is 33.5 Å². The maximum atomic E-state index is 12.8. The molecule has 8 heteroatoms. The fourth-order valence-corrected chi connectivity index (χ4v) is 5.01. The standard InChI is InChI=1S/C17H19N5OS2/c1-21-8-7-19-16(21)13-10-18-6-9-22(13)15(23)11-24-17-20-12-4-2-3-5-14(12)25-17/h2-5,7-8,13,18H,6,9-11H2,1H3. The Morgan fingerprint density at radius 3 is 3.12 bits per heavy atom. The Balaban J connectivity index is 1.46. The van der Waals surface area contributed by atoms with Crippen LogP contribution in [0.15, 0.2) is 41.0 Å². The van der Waals surface area contributed by atoms with Crippen LogP contribution in [0.25, 0.3) is 10.2 Å². The van der Waals surface area contributed by atoms with E-state index in [1.807, 2.05) is 40.9 Å². The molecule has 1 amide bonds. The lowest BCUT2D eigenvalue weighted by molar-refractivity contribution is -0.131. The minimum atomic E-state index is -0.0165. The summed E-state index contributed by atoms with van der Waals surface area (Å²) < 4.78 is 4.09. The van der Waals surface area contributed by atoms with Gasteiger partial charge in [0.15, 0.2) is 4.34 Å². The lowest BCUT2D eigenvalue weighted by Gasteiger charge is -2.35. The molecule has 1 N–H and O–H groups in total. The minimum Gasteiger partial charge on any atom is -0.336 e. The second-order valence-electron chi connectivity index (χ2n) is 5.94. The van der Waals surface area contributed by atoms with Gasteiger partial charge in [-0.1, -0.05) is 23.9 Å². The number of aromatic nitrogens is 3. The monoisotopic (exact) mass is 373 g/mol. The first-order chi connectivity index (χ1) is 12.2. The van der Waals surface area contributed by atoms with E-state index in [2.05, 4.69) is 21.4 Å². The second-order valence-corrected chi connectivity index (χ2v) is 8.19. The molecule has 0 radical (unpaired) electrons. The highest BCUT2D eigenvalue weighted by Crippen LogP contribution is 2.30. The van der Waals surface area contributed by atoms with Crippen molar-refractivity contribution >= 4 is 39.2 Å². The van der Waals surface area contributed by atoms with Gasteiger partial charge >= 0.3 is 0 Å². The Morgan fingerprint density at radius 2 is 2.32 bits per heavy atom. The van der Waals surface area contributed by atoms with Gasteiger partial charge in [-0.05, 0) is 12.1 Å². The number of nitrogens with one attached hydrogen (secondary N) is 1. The van der Waals surface area contributed by atoms with Crippen molar-refractivity contribution in [2.24, 2.45) is 7.05 Å².